The maximum absolute atomic E-state index is 4.16. The molecule has 0 aliphatic carbocycles. The fourth-order valence-corrected chi connectivity index (χ4v) is 2.53. The van der Waals surface area contributed by atoms with Gasteiger partial charge in [-0.05, 0) is 44.6 Å². The summed E-state index contributed by atoms with van der Waals surface area (Å²) in [4.78, 5) is 9.11. The summed E-state index contributed by atoms with van der Waals surface area (Å²) >= 11 is 0. The minimum atomic E-state index is 1.00. The van der Waals surface area contributed by atoms with Gasteiger partial charge in [0.25, 0.3) is 0 Å². The van der Waals surface area contributed by atoms with E-state index in [2.05, 4.69) is 33.2 Å². The SMILES string of the molecule is CN(CCCCN1CCNCC1)Cc1cccnc1. The van der Waals surface area contributed by atoms with Gasteiger partial charge in [0, 0.05) is 45.1 Å². The summed E-state index contributed by atoms with van der Waals surface area (Å²) in [6.45, 7) is 8.16. The quantitative estimate of drug-likeness (QED) is 0.748. The first kappa shape index (κ1) is 14.4. The van der Waals surface area contributed by atoms with E-state index in [4.69, 9.17) is 0 Å². The molecular formula is C15H26N4. The maximum atomic E-state index is 4.16. The lowest BCUT2D eigenvalue weighted by molar-refractivity contribution is 0.229. The van der Waals surface area contributed by atoms with Crippen molar-refractivity contribution in [3.05, 3.63) is 30.1 Å². The van der Waals surface area contributed by atoms with E-state index in [1.807, 2.05) is 18.5 Å². The van der Waals surface area contributed by atoms with Crippen LogP contribution < -0.4 is 5.32 Å². The zero-order chi connectivity index (χ0) is 13.3. The standard InChI is InChI=1S/C15H26N4/c1-18(14-15-5-4-6-17-13-15)9-2-3-10-19-11-7-16-8-12-19/h4-6,13,16H,2-3,7-12,14H2,1H3. The highest BCUT2D eigenvalue weighted by Gasteiger charge is 2.08. The van der Waals surface area contributed by atoms with E-state index < -0.39 is 0 Å². The van der Waals surface area contributed by atoms with Crippen molar-refractivity contribution in [3.63, 3.8) is 0 Å². The summed E-state index contributed by atoms with van der Waals surface area (Å²) in [6, 6.07) is 4.15. The van der Waals surface area contributed by atoms with Crippen LogP contribution in [0.4, 0.5) is 0 Å². The van der Waals surface area contributed by atoms with Gasteiger partial charge < -0.3 is 15.1 Å². The second-order valence-electron chi connectivity index (χ2n) is 5.40. The van der Waals surface area contributed by atoms with Gasteiger partial charge in [-0.1, -0.05) is 6.07 Å². The Morgan fingerprint density at radius 1 is 1.32 bits per heavy atom. The van der Waals surface area contributed by atoms with E-state index >= 15 is 0 Å². The fourth-order valence-electron chi connectivity index (χ4n) is 2.53. The minimum Gasteiger partial charge on any atom is -0.314 e. The third-order valence-corrected chi connectivity index (χ3v) is 3.65. The van der Waals surface area contributed by atoms with Gasteiger partial charge in [0.1, 0.15) is 0 Å². The number of pyridine rings is 1. The summed E-state index contributed by atoms with van der Waals surface area (Å²) in [5.74, 6) is 0. The average Bonchev–Trinajstić information content (AvgIpc) is 2.46. The molecule has 0 radical (unpaired) electrons. The Hall–Kier alpha value is -0.970. The van der Waals surface area contributed by atoms with E-state index in [0.717, 1.165) is 19.6 Å². The molecule has 2 rings (SSSR count). The molecule has 1 aromatic rings. The Morgan fingerprint density at radius 2 is 2.16 bits per heavy atom. The molecule has 1 aliphatic rings. The highest BCUT2D eigenvalue weighted by molar-refractivity contribution is 5.07. The predicted octanol–water partition coefficient (Wildman–Crippen LogP) is 1.20. The highest BCUT2D eigenvalue weighted by atomic mass is 15.2. The van der Waals surface area contributed by atoms with Crippen molar-refractivity contribution in [2.24, 2.45) is 0 Å². The first-order valence-corrected chi connectivity index (χ1v) is 7.35. The first-order chi connectivity index (χ1) is 9.34. The van der Waals surface area contributed by atoms with Crippen LogP contribution in [0.3, 0.4) is 0 Å². The van der Waals surface area contributed by atoms with Crippen LogP contribution in [-0.2, 0) is 6.54 Å². The zero-order valence-electron chi connectivity index (χ0n) is 12.0. The predicted molar refractivity (Wildman–Crippen MR) is 79.1 cm³/mol. The van der Waals surface area contributed by atoms with E-state index in [1.54, 1.807) is 0 Å². The number of nitrogens with zero attached hydrogens (tertiary/aromatic N) is 3. The molecule has 4 heteroatoms. The number of rotatable bonds is 7. The number of hydrogen-bond donors (Lipinski definition) is 1. The molecule has 1 fully saturated rings. The van der Waals surface area contributed by atoms with Gasteiger partial charge in [0.15, 0.2) is 0 Å². The summed E-state index contributed by atoms with van der Waals surface area (Å²) in [6.07, 6.45) is 6.37. The molecule has 1 saturated heterocycles. The van der Waals surface area contributed by atoms with Crippen LogP contribution in [0.15, 0.2) is 24.5 Å². The summed E-state index contributed by atoms with van der Waals surface area (Å²) in [5, 5.41) is 3.39. The fraction of sp³-hybridized carbons (Fsp3) is 0.667. The Kier molecular flexibility index (Phi) is 6.27. The van der Waals surface area contributed by atoms with Crippen molar-refractivity contribution < 1.29 is 0 Å². The Morgan fingerprint density at radius 3 is 2.89 bits per heavy atom. The molecule has 2 heterocycles. The number of hydrogen-bond acceptors (Lipinski definition) is 4. The first-order valence-electron chi connectivity index (χ1n) is 7.35. The maximum Gasteiger partial charge on any atom is 0.0312 e. The van der Waals surface area contributed by atoms with Crippen molar-refractivity contribution in [2.75, 3.05) is 46.3 Å². The lowest BCUT2D eigenvalue weighted by Crippen LogP contribution is -2.43. The Labute approximate surface area is 116 Å². The number of aromatic nitrogens is 1. The number of piperazine rings is 1. The molecule has 4 nitrogen and oxygen atoms in total. The molecule has 0 aromatic carbocycles. The molecule has 0 bridgehead atoms. The average molecular weight is 262 g/mol. The zero-order valence-corrected chi connectivity index (χ0v) is 12.0. The second-order valence-corrected chi connectivity index (χ2v) is 5.40. The minimum absolute atomic E-state index is 1.00. The monoisotopic (exact) mass is 262 g/mol. The van der Waals surface area contributed by atoms with Crippen LogP contribution in [0.2, 0.25) is 0 Å². The molecule has 0 saturated carbocycles. The second kappa shape index (κ2) is 8.25. The van der Waals surface area contributed by atoms with Crippen molar-refractivity contribution in [1.82, 2.24) is 20.1 Å². The van der Waals surface area contributed by atoms with Gasteiger partial charge in [0.05, 0.1) is 0 Å². The van der Waals surface area contributed by atoms with Crippen molar-refractivity contribution in [1.29, 1.82) is 0 Å². The molecule has 0 unspecified atom stereocenters. The van der Waals surface area contributed by atoms with Crippen molar-refractivity contribution in [3.8, 4) is 0 Å². The lowest BCUT2D eigenvalue weighted by atomic mass is 10.2. The summed E-state index contributed by atoms with van der Waals surface area (Å²) in [5.41, 5.74) is 1.30. The van der Waals surface area contributed by atoms with Gasteiger partial charge in [-0.15, -0.1) is 0 Å². The highest BCUT2D eigenvalue weighted by Crippen LogP contribution is 2.03. The molecule has 1 N–H and O–H groups in total. The van der Waals surface area contributed by atoms with Gasteiger partial charge in [-0.3, -0.25) is 4.98 Å². The molecule has 0 spiro atoms. The summed E-state index contributed by atoms with van der Waals surface area (Å²) < 4.78 is 0. The third kappa shape index (κ3) is 5.68. The smallest absolute Gasteiger partial charge is 0.0312 e. The lowest BCUT2D eigenvalue weighted by Gasteiger charge is -2.27. The Balaban J connectivity index is 1.55. The molecule has 1 aromatic heterocycles. The number of unbranched alkanes of at least 4 members (excludes halogenated alkanes) is 1. The summed E-state index contributed by atoms with van der Waals surface area (Å²) in [7, 11) is 2.19. The molecular weight excluding hydrogens is 236 g/mol. The molecule has 0 amide bonds. The van der Waals surface area contributed by atoms with E-state index in [9.17, 15) is 0 Å². The van der Waals surface area contributed by atoms with Crippen LogP contribution >= 0.6 is 0 Å². The molecule has 0 atom stereocenters. The van der Waals surface area contributed by atoms with Crippen LogP contribution in [0.5, 0.6) is 0 Å². The molecule has 106 valence electrons. The largest absolute Gasteiger partial charge is 0.314 e. The van der Waals surface area contributed by atoms with Gasteiger partial charge in [-0.2, -0.15) is 0 Å². The van der Waals surface area contributed by atoms with E-state index in [0.29, 0.717) is 0 Å². The van der Waals surface area contributed by atoms with E-state index in [-0.39, 0.29) is 0 Å². The third-order valence-electron chi connectivity index (χ3n) is 3.65. The van der Waals surface area contributed by atoms with Crippen LogP contribution in [0, 0.1) is 0 Å². The van der Waals surface area contributed by atoms with Crippen LogP contribution in [-0.4, -0.2) is 61.1 Å². The van der Waals surface area contributed by atoms with Crippen LogP contribution in [0.25, 0.3) is 0 Å². The van der Waals surface area contributed by atoms with Crippen molar-refractivity contribution >= 4 is 0 Å². The molecule has 1 aliphatic heterocycles. The van der Waals surface area contributed by atoms with E-state index in [1.165, 1.54) is 44.6 Å². The van der Waals surface area contributed by atoms with Gasteiger partial charge in [0.2, 0.25) is 0 Å². The normalized spacial score (nSPS) is 16.9. The van der Waals surface area contributed by atoms with Gasteiger partial charge in [-0.25, -0.2) is 0 Å². The molecule has 19 heavy (non-hydrogen) atoms. The van der Waals surface area contributed by atoms with Crippen LogP contribution in [0.1, 0.15) is 18.4 Å². The van der Waals surface area contributed by atoms with Crippen molar-refractivity contribution in [2.45, 2.75) is 19.4 Å². The van der Waals surface area contributed by atoms with Gasteiger partial charge >= 0.3 is 0 Å². The number of nitrogens with one attached hydrogen (secondary N) is 1. The topological polar surface area (TPSA) is 31.4 Å². The Bertz CT molecular complexity index is 335.